The second-order valence-electron chi connectivity index (χ2n) is 4.07. The van der Waals surface area contributed by atoms with Crippen molar-refractivity contribution >= 4 is 56.8 Å². The van der Waals surface area contributed by atoms with Crippen molar-refractivity contribution in [2.24, 2.45) is 0 Å². The van der Waals surface area contributed by atoms with Crippen molar-refractivity contribution in [2.75, 3.05) is 5.01 Å². The Bertz CT molecular complexity index is 417. The number of nitrogens with one attached hydrogen (secondary N) is 1. The SMILES string of the molecule is CC1(I)C(=O)NN(c2ccccc2)C1(C)I. The molecular formula is C11H12I2N2O. The molecule has 1 heterocycles. The predicted octanol–water partition coefficient (Wildman–Crippen LogP) is 2.88. The molecule has 0 spiro atoms. The molecule has 1 aromatic carbocycles. The first-order chi connectivity index (χ1) is 7.37. The monoisotopic (exact) mass is 442 g/mol. The predicted molar refractivity (Wildman–Crippen MR) is 81.9 cm³/mol. The quantitative estimate of drug-likeness (QED) is 0.413. The average Bonchev–Trinajstić information content (AvgIpc) is 2.40. The van der Waals surface area contributed by atoms with Crippen LogP contribution in [-0.2, 0) is 4.79 Å². The molecule has 0 bridgehead atoms. The molecule has 1 aliphatic heterocycles. The Hall–Kier alpha value is -0.0500. The van der Waals surface area contributed by atoms with Crippen LogP contribution < -0.4 is 10.4 Å². The molecule has 86 valence electrons. The number of para-hydroxylation sites is 1. The zero-order valence-corrected chi connectivity index (χ0v) is 13.3. The fraction of sp³-hybridized carbons (Fsp3) is 0.364. The summed E-state index contributed by atoms with van der Waals surface area (Å²) in [6, 6.07) is 9.90. The molecule has 1 saturated heterocycles. The van der Waals surface area contributed by atoms with Crippen molar-refractivity contribution in [3.8, 4) is 0 Å². The van der Waals surface area contributed by atoms with Crippen LogP contribution in [0.25, 0.3) is 0 Å². The van der Waals surface area contributed by atoms with Gasteiger partial charge in [-0.3, -0.25) is 15.2 Å². The third-order valence-electron chi connectivity index (χ3n) is 2.93. The highest BCUT2D eigenvalue weighted by atomic mass is 127. The third-order valence-corrected chi connectivity index (χ3v) is 7.06. The van der Waals surface area contributed by atoms with Gasteiger partial charge >= 0.3 is 0 Å². The molecule has 1 N–H and O–H groups in total. The van der Waals surface area contributed by atoms with Gasteiger partial charge in [-0.2, -0.15) is 0 Å². The van der Waals surface area contributed by atoms with Crippen molar-refractivity contribution in [3.05, 3.63) is 30.3 Å². The minimum Gasteiger partial charge on any atom is -0.272 e. The number of carbonyl (C=O) groups excluding carboxylic acids is 1. The van der Waals surface area contributed by atoms with Crippen molar-refractivity contribution in [3.63, 3.8) is 0 Å². The van der Waals surface area contributed by atoms with Crippen LogP contribution in [0.1, 0.15) is 13.8 Å². The molecule has 1 aromatic rings. The number of hydrazine groups is 1. The summed E-state index contributed by atoms with van der Waals surface area (Å²) in [6.45, 7) is 4.02. The number of hydrogen-bond acceptors (Lipinski definition) is 2. The van der Waals surface area contributed by atoms with Gasteiger partial charge in [0.2, 0.25) is 0 Å². The molecule has 5 heteroatoms. The summed E-state index contributed by atoms with van der Waals surface area (Å²) in [5.74, 6) is 0.0499. The van der Waals surface area contributed by atoms with E-state index in [-0.39, 0.29) is 9.45 Å². The van der Waals surface area contributed by atoms with E-state index in [9.17, 15) is 4.79 Å². The number of halogens is 2. The molecule has 1 amide bonds. The summed E-state index contributed by atoms with van der Waals surface area (Å²) in [4.78, 5) is 11.9. The number of rotatable bonds is 1. The Labute approximate surface area is 122 Å². The van der Waals surface area contributed by atoms with Gasteiger partial charge < -0.3 is 0 Å². The lowest BCUT2D eigenvalue weighted by Crippen LogP contribution is -2.48. The molecule has 0 aliphatic carbocycles. The summed E-state index contributed by atoms with van der Waals surface area (Å²) >= 11 is 4.54. The van der Waals surface area contributed by atoms with E-state index in [4.69, 9.17) is 0 Å². The van der Waals surface area contributed by atoms with Gasteiger partial charge in [-0.15, -0.1) is 0 Å². The number of anilines is 1. The van der Waals surface area contributed by atoms with Crippen LogP contribution in [0, 0.1) is 0 Å². The summed E-state index contributed by atoms with van der Waals surface area (Å²) < 4.78 is -0.731. The molecule has 0 saturated carbocycles. The maximum Gasteiger partial charge on any atom is 0.257 e. The zero-order chi connectivity index (χ0) is 12.0. The van der Waals surface area contributed by atoms with Crippen LogP contribution in [-0.4, -0.2) is 12.9 Å². The van der Waals surface area contributed by atoms with Gasteiger partial charge in [-0.1, -0.05) is 63.4 Å². The second-order valence-corrected chi connectivity index (χ2v) is 8.33. The molecule has 2 unspecified atom stereocenters. The van der Waals surface area contributed by atoms with E-state index in [1.807, 2.05) is 42.3 Å². The molecule has 16 heavy (non-hydrogen) atoms. The van der Waals surface area contributed by atoms with E-state index < -0.39 is 3.42 Å². The first kappa shape index (κ1) is 12.4. The van der Waals surface area contributed by atoms with Crippen LogP contribution in [0.15, 0.2) is 30.3 Å². The van der Waals surface area contributed by atoms with E-state index in [1.54, 1.807) is 0 Å². The maximum atomic E-state index is 11.9. The van der Waals surface area contributed by atoms with Crippen molar-refractivity contribution < 1.29 is 4.79 Å². The highest BCUT2D eigenvalue weighted by Crippen LogP contribution is 2.46. The standard InChI is InChI=1S/C11H12I2N2O/c1-10(12)9(16)14-15(11(10,2)13)8-6-4-3-5-7-8/h3-7H,1-2H3,(H,14,16). The topological polar surface area (TPSA) is 32.3 Å². The van der Waals surface area contributed by atoms with E-state index in [1.165, 1.54) is 0 Å². The highest BCUT2D eigenvalue weighted by molar-refractivity contribution is 14.1. The Balaban J connectivity index is 2.43. The molecule has 2 atom stereocenters. The van der Waals surface area contributed by atoms with Crippen LogP contribution in [0.5, 0.6) is 0 Å². The maximum absolute atomic E-state index is 11.9. The zero-order valence-electron chi connectivity index (χ0n) is 9.00. The van der Waals surface area contributed by atoms with E-state index in [0.29, 0.717) is 0 Å². The van der Waals surface area contributed by atoms with Gasteiger partial charge in [0.25, 0.3) is 5.91 Å². The minimum atomic E-state index is -0.443. The van der Waals surface area contributed by atoms with E-state index in [0.717, 1.165) is 5.69 Å². The van der Waals surface area contributed by atoms with Crippen LogP contribution in [0.2, 0.25) is 0 Å². The number of alkyl halides is 2. The van der Waals surface area contributed by atoms with Crippen molar-refractivity contribution in [1.29, 1.82) is 0 Å². The first-order valence-corrected chi connectivity index (χ1v) is 7.07. The molecule has 2 rings (SSSR count). The Morgan fingerprint density at radius 1 is 1.19 bits per heavy atom. The van der Waals surface area contributed by atoms with Gasteiger partial charge in [0, 0.05) is 0 Å². The fourth-order valence-corrected chi connectivity index (χ4v) is 2.62. The largest absolute Gasteiger partial charge is 0.272 e. The van der Waals surface area contributed by atoms with Crippen LogP contribution >= 0.6 is 45.2 Å². The summed E-state index contributed by atoms with van der Waals surface area (Å²) in [5.41, 5.74) is 3.94. The van der Waals surface area contributed by atoms with Crippen molar-refractivity contribution in [2.45, 2.75) is 20.8 Å². The molecule has 0 radical (unpaired) electrons. The van der Waals surface area contributed by atoms with Gasteiger partial charge in [0.05, 0.1) is 5.69 Å². The smallest absolute Gasteiger partial charge is 0.257 e. The number of amides is 1. The molecule has 0 aromatic heterocycles. The normalized spacial score (nSPS) is 34.0. The summed E-state index contributed by atoms with van der Waals surface area (Å²) in [7, 11) is 0. The number of nitrogens with zero attached hydrogens (tertiary/aromatic N) is 1. The molecule has 1 aliphatic rings. The molecular weight excluding hydrogens is 430 g/mol. The van der Waals surface area contributed by atoms with Crippen LogP contribution in [0.4, 0.5) is 5.69 Å². The second kappa shape index (κ2) is 4.01. The molecule has 1 fully saturated rings. The summed E-state index contributed by atoms with van der Waals surface area (Å²) in [5, 5.41) is 1.93. The van der Waals surface area contributed by atoms with Crippen molar-refractivity contribution in [1.82, 2.24) is 5.43 Å². The first-order valence-electron chi connectivity index (χ1n) is 4.91. The fourth-order valence-electron chi connectivity index (χ4n) is 1.61. The average molecular weight is 442 g/mol. The van der Waals surface area contributed by atoms with Gasteiger partial charge in [0.1, 0.15) is 6.97 Å². The number of hydrogen-bond donors (Lipinski definition) is 1. The van der Waals surface area contributed by atoms with Crippen LogP contribution in [0.3, 0.4) is 0 Å². The third kappa shape index (κ3) is 1.71. The Kier molecular flexibility index (Phi) is 3.11. The lowest BCUT2D eigenvalue weighted by atomic mass is 10.0. The van der Waals surface area contributed by atoms with E-state index in [2.05, 4.69) is 57.5 Å². The van der Waals surface area contributed by atoms with Gasteiger partial charge in [-0.05, 0) is 26.0 Å². The van der Waals surface area contributed by atoms with Gasteiger partial charge in [0.15, 0.2) is 0 Å². The lowest BCUT2D eigenvalue weighted by molar-refractivity contribution is -0.120. The number of carbonyl (C=O) groups is 1. The highest BCUT2D eigenvalue weighted by Gasteiger charge is 2.57. The Morgan fingerprint density at radius 3 is 2.19 bits per heavy atom. The minimum absolute atomic E-state index is 0.0499. The lowest BCUT2D eigenvalue weighted by Gasteiger charge is -2.35. The Morgan fingerprint density at radius 2 is 1.75 bits per heavy atom. The summed E-state index contributed by atoms with van der Waals surface area (Å²) in [6.07, 6.45) is 0. The molecule has 3 nitrogen and oxygen atoms in total. The van der Waals surface area contributed by atoms with E-state index >= 15 is 0 Å². The number of benzene rings is 1. The van der Waals surface area contributed by atoms with Gasteiger partial charge in [-0.25, -0.2) is 0 Å².